The number of nitrogens with zero attached hydrogens (tertiary/aromatic N) is 1. The van der Waals surface area contributed by atoms with Gasteiger partial charge in [0.05, 0.1) is 4.92 Å². The predicted octanol–water partition coefficient (Wildman–Crippen LogP) is 4.44. The molecule has 0 heterocycles. The molecule has 0 aliphatic rings. The summed E-state index contributed by atoms with van der Waals surface area (Å²) in [5, 5.41) is 14.3. The van der Waals surface area contributed by atoms with Crippen molar-refractivity contribution in [1.82, 2.24) is 5.32 Å². The maximum atomic E-state index is 13.2. The van der Waals surface area contributed by atoms with E-state index in [4.69, 9.17) is 11.6 Å². The zero-order chi connectivity index (χ0) is 15.4. The molecule has 0 unspecified atom stereocenters. The van der Waals surface area contributed by atoms with Crippen molar-refractivity contribution < 1.29 is 9.31 Å². The van der Waals surface area contributed by atoms with Gasteiger partial charge in [0.1, 0.15) is 5.82 Å². The molecule has 0 aliphatic heterocycles. The lowest BCUT2D eigenvalue weighted by Gasteiger charge is -2.08. The molecule has 0 saturated carbocycles. The van der Waals surface area contributed by atoms with Gasteiger partial charge < -0.3 is 5.32 Å². The van der Waals surface area contributed by atoms with Gasteiger partial charge >= 0.3 is 0 Å². The summed E-state index contributed by atoms with van der Waals surface area (Å²) in [5.74, 6) is -0.316. The van der Waals surface area contributed by atoms with Crippen molar-refractivity contribution in [2.45, 2.75) is 13.1 Å². The van der Waals surface area contributed by atoms with Gasteiger partial charge in [-0.15, -0.1) is 0 Å². The first-order chi connectivity index (χ1) is 9.97. The summed E-state index contributed by atoms with van der Waals surface area (Å²) in [7, 11) is 0. The molecule has 0 aliphatic carbocycles. The maximum absolute atomic E-state index is 13.2. The van der Waals surface area contributed by atoms with Crippen molar-refractivity contribution in [3.63, 3.8) is 0 Å². The van der Waals surface area contributed by atoms with Crippen LogP contribution in [0.5, 0.6) is 0 Å². The first kappa shape index (κ1) is 15.9. The molecule has 0 radical (unpaired) electrons. The average Bonchev–Trinajstić information content (AvgIpc) is 2.44. The van der Waals surface area contributed by atoms with Crippen LogP contribution in [-0.2, 0) is 13.1 Å². The molecule has 0 fully saturated rings. The van der Waals surface area contributed by atoms with Crippen molar-refractivity contribution >= 4 is 33.2 Å². The Morgan fingerprint density at radius 1 is 1.19 bits per heavy atom. The quantitative estimate of drug-likeness (QED) is 0.623. The number of nitro benzene ring substituents is 1. The van der Waals surface area contributed by atoms with Crippen LogP contribution in [0, 0.1) is 15.9 Å². The van der Waals surface area contributed by atoms with Crippen molar-refractivity contribution in [3.8, 4) is 0 Å². The van der Waals surface area contributed by atoms with Crippen LogP contribution in [0.15, 0.2) is 40.9 Å². The van der Waals surface area contributed by atoms with Crippen LogP contribution in [0.3, 0.4) is 0 Å². The highest BCUT2D eigenvalue weighted by molar-refractivity contribution is 9.10. The number of hydrogen-bond acceptors (Lipinski definition) is 3. The fraction of sp³-hybridized carbons (Fsp3) is 0.143. The van der Waals surface area contributed by atoms with Gasteiger partial charge in [0.2, 0.25) is 0 Å². The second kappa shape index (κ2) is 6.98. The second-order valence-electron chi connectivity index (χ2n) is 4.37. The highest BCUT2D eigenvalue weighted by Crippen LogP contribution is 2.22. The standard InChI is InChI=1S/C14H11BrClFN2O2/c15-13-3-1-11(17)5-9(13)7-18-8-10-6-12(19(20)21)2-4-14(10)16/h1-6,18H,7-8H2. The summed E-state index contributed by atoms with van der Waals surface area (Å²) >= 11 is 9.35. The third-order valence-corrected chi connectivity index (χ3v) is 4.02. The van der Waals surface area contributed by atoms with E-state index in [1.807, 2.05) is 0 Å². The zero-order valence-corrected chi connectivity index (χ0v) is 13.1. The molecule has 0 bridgehead atoms. The summed E-state index contributed by atoms with van der Waals surface area (Å²) < 4.78 is 14.0. The van der Waals surface area contributed by atoms with Gasteiger partial charge in [0.25, 0.3) is 5.69 Å². The Bertz CT molecular complexity index is 682. The van der Waals surface area contributed by atoms with Crippen molar-refractivity contribution in [2.75, 3.05) is 0 Å². The topological polar surface area (TPSA) is 55.2 Å². The first-order valence-electron chi connectivity index (χ1n) is 6.05. The molecule has 0 spiro atoms. The summed E-state index contributed by atoms with van der Waals surface area (Å²) in [6, 6.07) is 8.70. The fourth-order valence-corrected chi connectivity index (χ4v) is 2.39. The Labute approximate surface area is 134 Å². The number of nitrogens with one attached hydrogen (secondary N) is 1. The van der Waals surface area contributed by atoms with E-state index in [1.165, 1.54) is 30.3 Å². The Morgan fingerprint density at radius 3 is 2.62 bits per heavy atom. The van der Waals surface area contributed by atoms with Crippen LogP contribution >= 0.6 is 27.5 Å². The normalized spacial score (nSPS) is 10.6. The van der Waals surface area contributed by atoms with Crippen LogP contribution in [0.4, 0.5) is 10.1 Å². The van der Waals surface area contributed by atoms with Crippen LogP contribution < -0.4 is 5.32 Å². The highest BCUT2D eigenvalue weighted by atomic mass is 79.9. The van der Waals surface area contributed by atoms with Gasteiger partial charge in [0, 0.05) is 34.7 Å². The van der Waals surface area contributed by atoms with E-state index in [2.05, 4.69) is 21.2 Å². The van der Waals surface area contributed by atoms with Crippen LogP contribution in [0.1, 0.15) is 11.1 Å². The molecular weight excluding hydrogens is 363 g/mol. The van der Waals surface area contributed by atoms with Crippen LogP contribution in [0.2, 0.25) is 5.02 Å². The Hall–Kier alpha value is -1.50. The number of nitro groups is 1. The fourth-order valence-electron chi connectivity index (χ4n) is 1.82. The molecule has 0 amide bonds. The molecule has 7 heteroatoms. The third kappa shape index (κ3) is 4.23. The van der Waals surface area contributed by atoms with Crippen LogP contribution in [0.25, 0.3) is 0 Å². The molecule has 2 aromatic rings. The van der Waals surface area contributed by atoms with E-state index < -0.39 is 4.92 Å². The minimum Gasteiger partial charge on any atom is -0.309 e. The van der Waals surface area contributed by atoms with Gasteiger partial charge in [-0.05, 0) is 35.4 Å². The zero-order valence-electron chi connectivity index (χ0n) is 10.8. The molecule has 0 aromatic heterocycles. The monoisotopic (exact) mass is 372 g/mol. The minimum atomic E-state index is -0.469. The summed E-state index contributed by atoms with van der Waals surface area (Å²) in [6.07, 6.45) is 0. The number of benzene rings is 2. The van der Waals surface area contributed by atoms with Gasteiger partial charge in [-0.2, -0.15) is 0 Å². The Morgan fingerprint density at radius 2 is 1.90 bits per heavy atom. The van der Waals surface area contributed by atoms with Crippen molar-refractivity contribution in [1.29, 1.82) is 0 Å². The molecular formula is C14H11BrClFN2O2. The molecule has 21 heavy (non-hydrogen) atoms. The van der Waals surface area contributed by atoms with Gasteiger partial charge in [0.15, 0.2) is 0 Å². The number of non-ortho nitro benzene ring substituents is 1. The predicted molar refractivity (Wildman–Crippen MR) is 82.8 cm³/mol. The maximum Gasteiger partial charge on any atom is 0.269 e. The molecule has 2 rings (SSSR count). The number of rotatable bonds is 5. The average molecular weight is 374 g/mol. The number of halogens is 3. The molecule has 0 atom stereocenters. The van der Waals surface area contributed by atoms with E-state index in [-0.39, 0.29) is 11.5 Å². The smallest absolute Gasteiger partial charge is 0.269 e. The largest absolute Gasteiger partial charge is 0.309 e. The van der Waals surface area contributed by atoms with Crippen molar-refractivity contribution in [3.05, 3.63) is 73.0 Å². The number of hydrogen-bond donors (Lipinski definition) is 1. The minimum absolute atomic E-state index is 0.0110. The lowest BCUT2D eigenvalue weighted by atomic mass is 10.2. The summed E-state index contributed by atoms with van der Waals surface area (Å²) in [4.78, 5) is 10.3. The Kier molecular flexibility index (Phi) is 5.27. The first-order valence-corrected chi connectivity index (χ1v) is 7.22. The summed E-state index contributed by atoms with van der Waals surface area (Å²) in [5.41, 5.74) is 1.37. The van der Waals surface area contributed by atoms with Gasteiger partial charge in [-0.25, -0.2) is 4.39 Å². The summed E-state index contributed by atoms with van der Waals surface area (Å²) in [6.45, 7) is 0.765. The molecule has 2 aromatic carbocycles. The second-order valence-corrected chi connectivity index (χ2v) is 5.63. The van der Waals surface area contributed by atoms with E-state index in [9.17, 15) is 14.5 Å². The molecule has 0 saturated heterocycles. The van der Waals surface area contributed by atoms with E-state index in [1.54, 1.807) is 6.07 Å². The van der Waals surface area contributed by atoms with E-state index >= 15 is 0 Å². The highest BCUT2D eigenvalue weighted by Gasteiger charge is 2.09. The van der Waals surface area contributed by atoms with E-state index in [0.717, 1.165) is 10.0 Å². The lowest BCUT2D eigenvalue weighted by Crippen LogP contribution is -2.13. The van der Waals surface area contributed by atoms with E-state index in [0.29, 0.717) is 23.7 Å². The molecule has 110 valence electrons. The molecule has 1 N–H and O–H groups in total. The lowest BCUT2D eigenvalue weighted by molar-refractivity contribution is -0.384. The SMILES string of the molecule is O=[N+]([O-])c1ccc(Cl)c(CNCc2cc(F)ccc2Br)c1. The van der Waals surface area contributed by atoms with Crippen LogP contribution in [-0.4, -0.2) is 4.92 Å². The van der Waals surface area contributed by atoms with Crippen molar-refractivity contribution in [2.24, 2.45) is 0 Å². The van der Waals surface area contributed by atoms with Gasteiger partial charge in [-0.1, -0.05) is 27.5 Å². The Balaban J connectivity index is 2.05. The molecule has 4 nitrogen and oxygen atoms in total. The third-order valence-electron chi connectivity index (χ3n) is 2.88. The van der Waals surface area contributed by atoms with Gasteiger partial charge in [-0.3, -0.25) is 10.1 Å².